The number of hydrogen-bond acceptors (Lipinski definition) is 2. The van der Waals surface area contributed by atoms with Crippen LogP contribution in [0.25, 0.3) is 0 Å². The van der Waals surface area contributed by atoms with Gasteiger partial charge in [0, 0.05) is 0 Å². The second kappa shape index (κ2) is 9.16. The fraction of sp³-hybridized carbons (Fsp3) is 0.130. The lowest BCUT2D eigenvalue weighted by Crippen LogP contribution is -2.15. The Morgan fingerprint density at radius 3 is 1.81 bits per heavy atom. The summed E-state index contributed by atoms with van der Waals surface area (Å²) in [6.07, 6.45) is 1.43. The smallest absolute Gasteiger partial charge is 0.166 e. The molecule has 0 spiro atoms. The molecule has 0 saturated carbocycles. The summed E-state index contributed by atoms with van der Waals surface area (Å²) >= 11 is 0. The van der Waals surface area contributed by atoms with Gasteiger partial charge in [0.1, 0.15) is 18.5 Å². The van der Waals surface area contributed by atoms with Gasteiger partial charge in [-0.3, -0.25) is 0 Å². The summed E-state index contributed by atoms with van der Waals surface area (Å²) in [6, 6.07) is 29.6. The molecular formula is C23H23O2S+. The van der Waals surface area contributed by atoms with Crippen LogP contribution in [0.15, 0.2) is 112 Å². The van der Waals surface area contributed by atoms with Crippen LogP contribution in [0.1, 0.15) is 6.92 Å². The van der Waals surface area contributed by atoms with Gasteiger partial charge in [-0.15, -0.1) is 0 Å². The van der Waals surface area contributed by atoms with Crippen molar-refractivity contribution in [3.8, 4) is 5.75 Å². The predicted molar refractivity (Wildman–Crippen MR) is 108 cm³/mol. The van der Waals surface area contributed by atoms with Crippen LogP contribution in [0.5, 0.6) is 5.75 Å². The van der Waals surface area contributed by atoms with Crippen LogP contribution in [0, 0.1) is 0 Å². The Hall–Kier alpha value is -2.65. The van der Waals surface area contributed by atoms with Crippen molar-refractivity contribution in [3.05, 3.63) is 97.8 Å². The van der Waals surface area contributed by atoms with Crippen LogP contribution >= 0.6 is 0 Å². The average Bonchev–Trinajstić information content (AvgIpc) is 2.69. The highest BCUT2D eigenvalue weighted by atomic mass is 32.2. The Labute approximate surface area is 158 Å². The van der Waals surface area contributed by atoms with Gasteiger partial charge in [0.15, 0.2) is 14.7 Å². The van der Waals surface area contributed by atoms with E-state index >= 15 is 0 Å². The summed E-state index contributed by atoms with van der Waals surface area (Å²) in [5.41, 5.74) is 0. The van der Waals surface area contributed by atoms with Gasteiger partial charge in [-0.25, -0.2) is 0 Å². The summed E-state index contributed by atoms with van der Waals surface area (Å²) in [4.78, 5) is 3.88. The maximum atomic E-state index is 5.80. The van der Waals surface area contributed by atoms with Gasteiger partial charge in [-0.2, -0.15) is 0 Å². The molecule has 0 fully saturated rings. The zero-order chi connectivity index (χ0) is 18.2. The molecule has 0 amide bonds. The molecule has 3 heteroatoms. The van der Waals surface area contributed by atoms with Crippen LogP contribution < -0.4 is 4.74 Å². The van der Waals surface area contributed by atoms with E-state index in [0.29, 0.717) is 6.61 Å². The SMILES string of the molecule is C=COC(C)COc1ccc([S+](c2ccccc2)c2ccccc2)cc1. The van der Waals surface area contributed by atoms with E-state index in [0.717, 1.165) is 5.75 Å². The lowest BCUT2D eigenvalue weighted by atomic mass is 10.3. The van der Waals surface area contributed by atoms with Gasteiger partial charge < -0.3 is 9.47 Å². The van der Waals surface area contributed by atoms with E-state index in [1.54, 1.807) is 0 Å². The minimum atomic E-state index is -0.132. The molecule has 1 unspecified atom stereocenters. The molecule has 0 N–H and O–H groups in total. The summed E-state index contributed by atoms with van der Waals surface area (Å²) in [5, 5.41) is 0. The monoisotopic (exact) mass is 363 g/mol. The molecule has 3 aromatic rings. The standard InChI is InChI=1S/C23H23O2S/c1-3-24-19(2)18-25-20-14-16-23(17-15-20)26(21-10-6-4-7-11-21)22-12-8-5-9-13-22/h3-17,19H,1,18H2,2H3/q+1. The van der Waals surface area contributed by atoms with Gasteiger partial charge in [0.25, 0.3) is 0 Å². The second-order valence-corrected chi connectivity index (χ2v) is 7.85. The molecule has 2 nitrogen and oxygen atoms in total. The first-order chi connectivity index (χ1) is 12.8. The largest absolute Gasteiger partial charge is 0.495 e. The Bertz CT molecular complexity index is 761. The molecule has 26 heavy (non-hydrogen) atoms. The maximum absolute atomic E-state index is 5.80. The first kappa shape index (κ1) is 18.2. The van der Waals surface area contributed by atoms with Crippen LogP contribution in [0.2, 0.25) is 0 Å². The van der Waals surface area contributed by atoms with Crippen molar-refractivity contribution >= 4 is 10.9 Å². The lowest BCUT2D eigenvalue weighted by Gasteiger charge is -2.13. The van der Waals surface area contributed by atoms with E-state index in [-0.39, 0.29) is 17.0 Å². The van der Waals surface area contributed by atoms with Crippen molar-refractivity contribution < 1.29 is 9.47 Å². The van der Waals surface area contributed by atoms with Crippen molar-refractivity contribution in [2.24, 2.45) is 0 Å². The van der Waals surface area contributed by atoms with Gasteiger partial charge >= 0.3 is 0 Å². The molecule has 0 saturated heterocycles. The van der Waals surface area contributed by atoms with E-state index in [4.69, 9.17) is 9.47 Å². The van der Waals surface area contributed by atoms with E-state index in [1.807, 2.05) is 19.1 Å². The third kappa shape index (κ3) is 4.70. The van der Waals surface area contributed by atoms with Crippen molar-refractivity contribution in [1.82, 2.24) is 0 Å². The third-order valence-electron chi connectivity index (χ3n) is 3.83. The normalized spacial score (nSPS) is 11.8. The quantitative estimate of drug-likeness (QED) is 0.377. The molecule has 0 aliphatic carbocycles. The van der Waals surface area contributed by atoms with Crippen molar-refractivity contribution in [2.45, 2.75) is 27.7 Å². The van der Waals surface area contributed by atoms with E-state index in [2.05, 4.69) is 79.4 Å². The third-order valence-corrected chi connectivity index (χ3v) is 6.06. The van der Waals surface area contributed by atoms with E-state index < -0.39 is 0 Å². The maximum Gasteiger partial charge on any atom is 0.166 e. The summed E-state index contributed by atoms with van der Waals surface area (Å²) in [5.74, 6) is 0.845. The molecule has 3 aromatic carbocycles. The molecule has 132 valence electrons. The van der Waals surface area contributed by atoms with Gasteiger partial charge in [-0.05, 0) is 55.5 Å². The van der Waals surface area contributed by atoms with E-state index in [9.17, 15) is 0 Å². The molecular weight excluding hydrogens is 340 g/mol. The number of rotatable bonds is 8. The van der Waals surface area contributed by atoms with Crippen LogP contribution in [-0.4, -0.2) is 12.7 Å². The Morgan fingerprint density at radius 2 is 1.31 bits per heavy atom. The first-order valence-corrected chi connectivity index (χ1v) is 9.84. The van der Waals surface area contributed by atoms with Crippen LogP contribution in [0.3, 0.4) is 0 Å². The topological polar surface area (TPSA) is 18.5 Å². The molecule has 0 aliphatic heterocycles. The fourth-order valence-corrected chi connectivity index (χ4v) is 4.69. The molecule has 0 aromatic heterocycles. The Morgan fingerprint density at radius 1 is 0.808 bits per heavy atom. The van der Waals surface area contributed by atoms with Crippen molar-refractivity contribution in [2.75, 3.05) is 6.61 Å². The summed E-state index contributed by atoms with van der Waals surface area (Å²) in [7, 11) is -0.132. The average molecular weight is 364 g/mol. The zero-order valence-electron chi connectivity index (χ0n) is 14.9. The fourth-order valence-electron chi connectivity index (χ4n) is 2.61. The van der Waals surface area contributed by atoms with Crippen molar-refractivity contribution in [1.29, 1.82) is 0 Å². The molecule has 3 rings (SSSR count). The summed E-state index contributed by atoms with van der Waals surface area (Å²) in [6.45, 7) is 6.02. The first-order valence-electron chi connectivity index (χ1n) is 8.61. The zero-order valence-corrected chi connectivity index (χ0v) is 15.7. The number of benzene rings is 3. The number of hydrogen-bond donors (Lipinski definition) is 0. The Balaban J connectivity index is 1.82. The minimum Gasteiger partial charge on any atom is -0.495 e. The molecule has 1 atom stereocenters. The molecule has 0 radical (unpaired) electrons. The molecule has 0 aliphatic rings. The van der Waals surface area contributed by atoms with Gasteiger partial charge in [0.2, 0.25) is 0 Å². The Kier molecular flexibility index (Phi) is 6.39. The van der Waals surface area contributed by atoms with Gasteiger partial charge in [-0.1, -0.05) is 43.0 Å². The summed E-state index contributed by atoms with van der Waals surface area (Å²) < 4.78 is 11.1. The predicted octanol–water partition coefficient (Wildman–Crippen LogP) is 5.71. The molecule has 0 bridgehead atoms. The van der Waals surface area contributed by atoms with Crippen molar-refractivity contribution in [3.63, 3.8) is 0 Å². The second-order valence-electron chi connectivity index (χ2n) is 5.83. The lowest BCUT2D eigenvalue weighted by molar-refractivity contribution is 0.103. The van der Waals surface area contributed by atoms with Gasteiger partial charge in [0.05, 0.1) is 17.2 Å². The van der Waals surface area contributed by atoms with Crippen LogP contribution in [0.4, 0.5) is 0 Å². The highest BCUT2D eigenvalue weighted by Gasteiger charge is 2.28. The minimum absolute atomic E-state index is 0.0181. The highest BCUT2D eigenvalue weighted by molar-refractivity contribution is 7.97. The van der Waals surface area contributed by atoms with E-state index in [1.165, 1.54) is 20.9 Å². The number of ether oxygens (including phenoxy) is 2. The van der Waals surface area contributed by atoms with Crippen LogP contribution in [-0.2, 0) is 15.6 Å². The highest BCUT2D eigenvalue weighted by Crippen LogP contribution is 2.31. The molecule has 0 heterocycles.